The lowest BCUT2D eigenvalue weighted by Crippen LogP contribution is -2.35. The first-order valence-electron chi connectivity index (χ1n) is 8.19. The minimum absolute atomic E-state index is 0.0248. The van der Waals surface area contributed by atoms with E-state index in [0.717, 1.165) is 57.8 Å². The fourth-order valence-electron chi connectivity index (χ4n) is 2.81. The third-order valence-electron chi connectivity index (χ3n) is 4.10. The summed E-state index contributed by atoms with van der Waals surface area (Å²) in [6.45, 7) is 4.17. The van der Waals surface area contributed by atoms with Crippen molar-refractivity contribution in [2.45, 2.75) is 78.1 Å². The quantitative estimate of drug-likeness (QED) is 0.724. The van der Waals surface area contributed by atoms with Gasteiger partial charge in [0.05, 0.1) is 5.92 Å². The van der Waals surface area contributed by atoms with Gasteiger partial charge < -0.3 is 4.84 Å². The van der Waals surface area contributed by atoms with E-state index in [1.165, 1.54) is 6.42 Å². The molecule has 1 fully saturated rings. The minimum Gasteiger partial charge on any atom is -0.340 e. The van der Waals surface area contributed by atoms with E-state index in [9.17, 15) is 9.59 Å². The van der Waals surface area contributed by atoms with E-state index in [4.69, 9.17) is 4.84 Å². The average Bonchev–Trinajstić information content (AvgIpc) is 2.49. The highest BCUT2D eigenvalue weighted by Gasteiger charge is 2.24. The average molecular weight is 283 g/mol. The molecule has 1 amide bonds. The zero-order chi connectivity index (χ0) is 14.8. The Balaban J connectivity index is 2.33. The van der Waals surface area contributed by atoms with E-state index in [1.54, 1.807) is 0 Å². The number of nitrogens with one attached hydrogen (secondary N) is 1. The largest absolute Gasteiger partial charge is 0.340 e. The standard InChI is InChI=1S/C16H29NO3/c1-3-5-10-14(9-4-2)16(19)20-17-15(18)13-11-7-6-8-12-13/h13-14H,3-12H2,1-2H3,(H,17,18). The molecule has 1 aliphatic carbocycles. The topological polar surface area (TPSA) is 55.4 Å². The summed E-state index contributed by atoms with van der Waals surface area (Å²) in [5.74, 6) is -0.448. The Labute approximate surface area is 122 Å². The molecular formula is C16H29NO3. The Bertz CT molecular complexity index is 298. The summed E-state index contributed by atoms with van der Waals surface area (Å²) in [4.78, 5) is 28.9. The molecule has 0 radical (unpaired) electrons. The molecule has 4 heteroatoms. The van der Waals surface area contributed by atoms with Crippen molar-refractivity contribution in [2.24, 2.45) is 11.8 Å². The van der Waals surface area contributed by atoms with Crippen LogP contribution in [0.4, 0.5) is 0 Å². The molecule has 1 aliphatic rings. The molecule has 0 spiro atoms. The van der Waals surface area contributed by atoms with E-state index in [-0.39, 0.29) is 23.7 Å². The molecular weight excluding hydrogens is 254 g/mol. The molecule has 1 unspecified atom stereocenters. The molecule has 4 nitrogen and oxygen atoms in total. The first kappa shape index (κ1) is 17.0. The van der Waals surface area contributed by atoms with Crippen molar-refractivity contribution in [3.8, 4) is 0 Å². The molecule has 0 aliphatic heterocycles. The zero-order valence-electron chi connectivity index (χ0n) is 13.0. The summed E-state index contributed by atoms with van der Waals surface area (Å²) >= 11 is 0. The van der Waals surface area contributed by atoms with Crippen LogP contribution in [0.5, 0.6) is 0 Å². The van der Waals surface area contributed by atoms with Gasteiger partial charge in [0.1, 0.15) is 0 Å². The fourth-order valence-corrected chi connectivity index (χ4v) is 2.81. The van der Waals surface area contributed by atoms with Crippen molar-refractivity contribution >= 4 is 11.9 Å². The van der Waals surface area contributed by atoms with Crippen LogP contribution < -0.4 is 5.48 Å². The van der Waals surface area contributed by atoms with E-state index in [2.05, 4.69) is 19.3 Å². The van der Waals surface area contributed by atoms with Crippen LogP contribution in [0.25, 0.3) is 0 Å². The molecule has 0 aromatic heterocycles. The smallest absolute Gasteiger partial charge is 0.335 e. The maximum Gasteiger partial charge on any atom is 0.335 e. The lowest BCUT2D eigenvalue weighted by molar-refractivity contribution is -0.164. The zero-order valence-corrected chi connectivity index (χ0v) is 13.0. The van der Waals surface area contributed by atoms with Crippen LogP contribution in [0.1, 0.15) is 78.1 Å². The number of unbranched alkanes of at least 4 members (excludes halogenated alkanes) is 1. The summed E-state index contributed by atoms with van der Waals surface area (Å²) in [5, 5.41) is 0. The lowest BCUT2D eigenvalue weighted by Gasteiger charge is -2.21. The number of carbonyl (C=O) groups excluding carboxylic acids is 2. The van der Waals surface area contributed by atoms with Gasteiger partial charge >= 0.3 is 5.97 Å². The Morgan fingerprint density at radius 3 is 2.40 bits per heavy atom. The second kappa shape index (κ2) is 9.78. The van der Waals surface area contributed by atoms with Crippen molar-refractivity contribution < 1.29 is 14.4 Å². The molecule has 0 aromatic rings. The highest BCUT2D eigenvalue weighted by molar-refractivity contribution is 5.80. The van der Waals surface area contributed by atoms with Crippen molar-refractivity contribution in [1.82, 2.24) is 5.48 Å². The third kappa shape index (κ3) is 5.93. The first-order valence-corrected chi connectivity index (χ1v) is 8.19. The number of carbonyl (C=O) groups is 2. The highest BCUT2D eigenvalue weighted by Crippen LogP contribution is 2.23. The van der Waals surface area contributed by atoms with Gasteiger partial charge in [0.2, 0.25) is 0 Å². The van der Waals surface area contributed by atoms with Crippen molar-refractivity contribution in [3.05, 3.63) is 0 Å². The van der Waals surface area contributed by atoms with Crippen LogP contribution in [0, 0.1) is 11.8 Å². The second-order valence-electron chi connectivity index (χ2n) is 5.85. The maximum atomic E-state index is 12.0. The number of hydrogen-bond acceptors (Lipinski definition) is 3. The number of amides is 1. The van der Waals surface area contributed by atoms with Gasteiger partial charge in [-0.25, -0.2) is 4.79 Å². The van der Waals surface area contributed by atoms with Crippen LogP contribution in [-0.4, -0.2) is 11.9 Å². The van der Waals surface area contributed by atoms with Gasteiger partial charge in [-0.2, -0.15) is 5.48 Å². The van der Waals surface area contributed by atoms with Gasteiger partial charge in [0.15, 0.2) is 0 Å². The number of hydroxylamine groups is 1. The van der Waals surface area contributed by atoms with Crippen molar-refractivity contribution in [2.75, 3.05) is 0 Å². The molecule has 20 heavy (non-hydrogen) atoms. The van der Waals surface area contributed by atoms with Crippen LogP contribution in [-0.2, 0) is 14.4 Å². The molecule has 0 heterocycles. The number of hydrogen-bond donors (Lipinski definition) is 1. The van der Waals surface area contributed by atoms with Gasteiger partial charge in [-0.05, 0) is 25.7 Å². The van der Waals surface area contributed by atoms with Crippen molar-refractivity contribution in [1.29, 1.82) is 0 Å². The second-order valence-corrected chi connectivity index (χ2v) is 5.85. The summed E-state index contributed by atoms with van der Waals surface area (Å²) in [6.07, 6.45) is 9.97. The van der Waals surface area contributed by atoms with Gasteiger partial charge in [0.25, 0.3) is 5.91 Å². The summed E-state index contributed by atoms with van der Waals surface area (Å²) in [6, 6.07) is 0. The molecule has 1 atom stereocenters. The van der Waals surface area contributed by atoms with Crippen LogP contribution >= 0.6 is 0 Å². The molecule has 1 saturated carbocycles. The van der Waals surface area contributed by atoms with Gasteiger partial charge in [-0.1, -0.05) is 52.4 Å². The van der Waals surface area contributed by atoms with Crippen molar-refractivity contribution in [3.63, 3.8) is 0 Å². The first-order chi connectivity index (χ1) is 9.69. The molecule has 0 bridgehead atoms. The number of rotatable bonds is 7. The molecule has 116 valence electrons. The van der Waals surface area contributed by atoms with Gasteiger partial charge in [-0.15, -0.1) is 0 Å². The van der Waals surface area contributed by atoms with Crippen LogP contribution in [0.3, 0.4) is 0 Å². The predicted molar refractivity (Wildman–Crippen MR) is 78.7 cm³/mol. The Morgan fingerprint density at radius 1 is 1.10 bits per heavy atom. The Kier molecular flexibility index (Phi) is 8.31. The monoisotopic (exact) mass is 283 g/mol. The highest BCUT2D eigenvalue weighted by atomic mass is 16.7. The molecule has 1 rings (SSSR count). The summed E-state index contributed by atoms with van der Waals surface area (Å²) in [5.41, 5.74) is 2.38. The summed E-state index contributed by atoms with van der Waals surface area (Å²) < 4.78 is 0. The van der Waals surface area contributed by atoms with Gasteiger partial charge in [0, 0.05) is 5.92 Å². The van der Waals surface area contributed by atoms with E-state index >= 15 is 0 Å². The normalized spacial score (nSPS) is 17.5. The van der Waals surface area contributed by atoms with E-state index < -0.39 is 0 Å². The van der Waals surface area contributed by atoms with Crippen LogP contribution in [0.2, 0.25) is 0 Å². The predicted octanol–water partition coefficient (Wildman–Crippen LogP) is 3.75. The van der Waals surface area contributed by atoms with E-state index in [0.29, 0.717) is 0 Å². The molecule has 1 N–H and O–H groups in total. The third-order valence-corrected chi connectivity index (χ3v) is 4.10. The SMILES string of the molecule is CCCCC(CCC)C(=O)ONC(=O)C1CCCCC1. The Morgan fingerprint density at radius 2 is 1.80 bits per heavy atom. The van der Waals surface area contributed by atoms with Gasteiger partial charge in [-0.3, -0.25) is 4.79 Å². The maximum absolute atomic E-state index is 12.0. The fraction of sp³-hybridized carbons (Fsp3) is 0.875. The van der Waals surface area contributed by atoms with Crippen LogP contribution in [0.15, 0.2) is 0 Å². The summed E-state index contributed by atoms with van der Waals surface area (Å²) in [7, 11) is 0. The minimum atomic E-state index is -0.274. The molecule has 0 aromatic carbocycles. The van der Waals surface area contributed by atoms with E-state index in [1.807, 2.05) is 0 Å². The molecule has 0 saturated heterocycles. The lowest BCUT2D eigenvalue weighted by atomic mass is 9.89. The Hall–Kier alpha value is -1.06.